The fraction of sp³-hybridized carbons (Fsp3) is 0.412. The van der Waals surface area contributed by atoms with Gasteiger partial charge in [0.1, 0.15) is 22.2 Å². The van der Waals surface area contributed by atoms with E-state index in [0.29, 0.717) is 23.1 Å². The molecule has 5 nitrogen and oxygen atoms in total. The summed E-state index contributed by atoms with van der Waals surface area (Å²) in [5.74, 6) is 0.640. The Hall–Kier alpha value is -1.05. The number of carbonyl (C=O) groups excluding carboxylic acids is 1. The van der Waals surface area contributed by atoms with Crippen LogP contribution >= 0.6 is 47.8 Å². The van der Waals surface area contributed by atoms with Crippen LogP contribution in [0.25, 0.3) is 0 Å². The maximum atomic E-state index is 12.2. The average molecular weight is 441 g/mol. The van der Waals surface area contributed by atoms with E-state index in [0.717, 1.165) is 36.0 Å². The van der Waals surface area contributed by atoms with E-state index in [-0.39, 0.29) is 30.7 Å². The molecule has 0 aliphatic rings. The van der Waals surface area contributed by atoms with Gasteiger partial charge in [-0.1, -0.05) is 18.5 Å². The number of nitrogens with one attached hydrogen (secondary N) is 2. The number of nitrogens with zero attached hydrogens (tertiary/aromatic N) is 1. The second-order valence-corrected chi connectivity index (χ2v) is 6.79. The van der Waals surface area contributed by atoms with Gasteiger partial charge in [0.15, 0.2) is 0 Å². The number of aryl methyl sites for hydroxylation is 1. The molecule has 0 spiro atoms. The maximum absolute atomic E-state index is 12.2. The van der Waals surface area contributed by atoms with E-state index in [1.54, 1.807) is 24.3 Å². The number of benzene rings is 1. The van der Waals surface area contributed by atoms with Crippen LogP contribution in [0.15, 0.2) is 24.3 Å². The Labute approximate surface area is 175 Å². The Morgan fingerprint density at radius 1 is 1.19 bits per heavy atom. The third-order valence-corrected chi connectivity index (χ3v) is 4.62. The number of hydrogen-bond acceptors (Lipinski definition) is 5. The summed E-state index contributed by atoms with van der Waals surface area (Å²) in [5, 5.41) is 7.59. The van der Waals surface area contributed by atoms with Crippen molar-refractivity contribution in [3.05, 3.63) is 44.9 Å². The summed E-state index contributed by atoms with van der Waals surface area (Å²) >= 11 is 7.21. The van der Waals surface area contributed by atoms with Crippen molar-refractivity contribution in [2.75, 3.05) is 19.6 Å². The fourth-order valence-electron chi connectivity index (χ4n) is 2.05. The first-order valence-electron chi connectivity index (χ1n) is 7.93. The lowest BCUT2D eigenvalue weighted by Crippen LogP contribution is -2.32. The lowest BCUT2D eigenvalue weighted by Gasteiger charge is -2.05. The number of thiazole rings is 1. The molecule has 0 aliphatic heterocycles. The summed E-state index contributed by atoms with van der Waals surface area (Å²) in [6.07, 6.45) is 1.08. The van der Waals surface area contributed by atoms with Crippen molar-refractivity contribution in [1.82, 2.24) is 15.6 Å². The van der Waals surface area contributed by atoms with Gasteiger partial charge < -0.3 is 15.4 Å². The van der Waals surface area contributed by atoms with Crippen molar-refractivity contribution in [2.24, 2.45) is 0 Å². The molecule has 0 radical (unpaired) electrons. The number of ether oxygens (including phenoxy) is 1. The van der Waals surface area contributed by atoms with Crippen molar-refractivity contribution in [1.29, 1.82) is 0 Å². The van der Waals surface area contributed by atoms with E-state index in [4.69, 9.17) is 16.3 Å². The highest BCUT2D eigenvalue weighted by atomic mass is 35.5. The lowest BCUT2D eigenvalue weighted by atomic mass is 10.3. The minimum Gasteiger partial charge on any atom is -0.486 e. The molecule has 2 rings (SSSR count). The van der Waals surface area contributed by atoms with Crippen LogP contribution in [0.4, 0.5) is 0 Å². The minimum atomic E-state index is -0.0824. The van der Waals surface area contributed by atoms with E-state index < -0.39 is 0 Å². The molecule has 1 aromatic heterocycles. The fourth-order valence-corrected chi connectivity index (χ4v) is 3.07. The van der Waals surface area contributed by atoms with Crippen molar-refractivity contribution in [2.45, 2.75) is 26.9 Å². The molecule has 0 atom stereocenters. The molecular weight excluding hydrogens is 417 g/mol. The molecule has 0 saturated carbocycles. The molecule has 1 amide bonds. The quantitative estimate of drug-likeness (QED) is 0.572. The van der Waals surface area contributed by atoms with E-state index in [2.05, 4.69) is 22.5 Å². The first kappa shape index (κ1) is 24.9. The number of hydrogen-bond donors (Lipinski definition) is 2. The van der Waals surface area contributed by atoms with Gasteiger partial charge in [0, 0.05) is 18.1 Å². The summed E-state index contributed by atoms with van der Waals surface area (Å²) in [4.78, 5) is 17.3. The maximum Gasteiger partial charge on any atom is 0.263 e. The van der Waals surface area contributed by atoms with Gasteiger partial charge in [-0.15, -0.1) is 36.2 Å². The lowest BCUT2D eigenvalue weighted by molar-refractivity contribution is 0.0957. The summed E-state index contributed by atoms with van der Waals surface area (Å²) in [7, 11) is 0. The van der Waals surface area contributed by atoms with Gasteiger partial charge in [0.25, 0.3) is 5.91 Å². The molecule has 0 saturated heterocycles. The highest BCUT2D eigenvalue weighted by Gasteiger charge is 2.15. The Morgan fingerprint density at radius 2 is 1.88 bits per heavy atom. The SMILES string of the molecule is CCCNCCNC(=O)c1sc(COc2ccc(Cl)cc2)nc1C.Cl.Cl. The number of carbonyl (C=O) groups is 1. The highest BCUT2D eigenvalue weighted by Crippen LogP contribution is 2.21. The molecule has 26 heavy (non-hydrogen) atoms. The Morgan fingerprint density at radius 3 is 2.54 bits per heavy atom. The number of halogens is 3. The molecular formula is C17H24Cl3N3O2S. The summed E-state index contributed by atoms with van der Waals surface area (Å²) in [6, 6.07) is 7.16. The molecule has 2 N–H and O–H groups in total. The van der Waals surface area contributed by atoms with Crippen LogP contribution in [0.1, 0.15) is 33.7 Å². The normalized spacial score (nSPS) is 9.81. The molecule has 146 valence electrons. The molecule has 0 aliphatic carbocycles. The van der Waals surface area contributed by atoms with Crippen LogP contribution in [-0.2, 0) is 6.61 Å². The van der Waals surface area contributed by atoms with Gasteiger partial charge in [0.2, 0.25) is 0 Å². The van der Waals surface area contributed by atoms with Crippen LogP contribution in [0.3, 0.4) is 0 Å². The largest absolute Gasteiger partial charge is 0.486 e. The third kappa shape index (κ3) is 8.10. The smallest absolute Gasteiger partial charge is 0.263 e. The topological polar surface area (TPSA) is 63.2 Å². The zero-order valence-electron chi connectivity index (χ0n) is 14.7. The van der Waals surface area contributed by atoms with E-state index >= 15 is 0 Å². The molecule has 2 aromatic rings. The van der Waals surface area contributed by atoms with Crippen LogP contribution in [0.2, 0.25) is 5.02 Å². The predicted molar refractivity (Wildman–Crippen MR) is 113 cm³/mol. The van der Waals surface area contributed by atoms with Crippen molar-refractivity contribution in [3.63, 3.8) is 0 Å². The second kappa shape index (κ2) is 13.2. The van der Waals surface area contributed by atoms with Gasteiger partial charge >= 0.3 is 0 Å². The van der Waals surface area contributed by atoms with Crippen LogP contribution in [0.5, 0.6) is 5.75 Å². The first-order chi connectivity index (χ1) is 11.6. The molecule has 1 heterocycles. The van der Waals surface area contributed by atoms with Crippen LogP contribution in [-0.4, -0.2) is 30.5 Å². The van der Waals surface area contributed by atoms with Gasteiger partial charge in [-0.05, 0) is 44.2 Å². The van der Waals surface area contributed by atoms with Crippen LogP contribution in [0, 0.1) is 6.92 Å². The molecule has 1 aromatic carbocycles. The van der Waals surface area contributed by atoms with Crippen molar-refractivity contribution >= 4 is 53.7 Å². The highest BCUT2D eigenvalue weighted by molar-refractivity contribution is 7.13. The summed E-state index contributed by atoms with van der Waals surface area (Å²) in [6.45, 7) is 6.61. The summed E-state index contributed by atoms with van der Waals surface area (Å²) in [5.41, 5.74) is 0.730. The predicted octanol–water partition coefficient (Wildman–Crippen LogP) is 4.26. The first-order valence-corrected chi connectivity index (χ1v) is 9.13. The van der Waals surface area contributed by atoms with Crippen molar-refractivity contribution < 1.29 is 9.53 Å². The third-order valence-electron chi connectivity index (χ3n) is 3.24. The molecule has 0 unspecified atom stereocenters. The Balaban J connectivity index is 0.00000312. The number of aromatic nitrogens is 1. The van der Waals surface area contributed by atoms with E-state index in [9.17, 15) is 4.79 Å². The van der Waals surface area contributed by atoms with Crippen molar-refractivity contribution in [3.8, 4) is 5.75 Å². The monoisotopic (exact) mass is 439 g/mol. The standard InChI is InChI=1S/C17H22ClN3O2S.2ClH/c1-3-8-19-9-10-20-17(22)16-12(2)21-15(24-16)11-23-14-6-4-13(18)5-7-14;;/h4-7,19H,3,8-11H2,1-2H3,(H,20,22);2*1H. The van der Waals surface area contributed by atoms with Gasteiger partial charge in [0.05, 0.1) is 5.69 Å². The Bertz CT molecular complexity index is 666. The molecule has 0 fully saturated rings. The summed E-state index contributed by atoms with van der Waals surface area (Å²) < 4.78 is 5.67. The average Bonchev–Trinajstić information content (AvgIpc) is 2.95. The van der Waals surface area contributed by atoms with Gasteiger partial charge in [-0.2, -0.15) is 0 Å². The minimum absolute atomic E-state index is 0. The zero-order chi connectivity index (χ0) is 17.4. The molecule has 9 heteroatoms. The number of rotatable bonds is 9. The van der Waals surface area contributed by atoms with E-state index in [1.165, 1.54) is 11.3 Å². The zero-order valence-corrected chi connectivity index (χ0v) is 17.9. The molecule has 0 bridgehead atoms. The second-order valence-electron chi connectivity index (χ2n) is 5.27. The van der Waals surface area contributed by atoms with Gasteiger partial charge in [-0.25, -0.2) is 4.98 Å². The van der Waals surface area contributed by atoms with Gasteiger partial charge in [-0.3, -0.25) is 4.79 Å². The van der Waals surface area contributed by atoms with E-state index in [1.807, 2.05) is 6.92 Å². The number of amides is 1. The Kier molecular flexibility index (Phi) is 12.6. The van der Waals surface area contributed by atoms with Crippen LogP contribution < -0.4 is 15.4 Å².